The van der Waals surface area contributed by atoms with Crippen LogP contribution in [0.5, 0.6) is 0 Å². The molecule has 14 heavy (non-hydrogen) atoms. The molecular formula is C11H17NOS. The normalized spacial score (nSPS) is 15.1. The number of pyridine rings is 1. The smallest absolute Gasteiger partial charge is 0.0962 e. The van der Waals surface area contributed by atoms with E-state index < -0.39 is 6.10 Å². The molecule has 0 aliphatic heterocycles. The Balaban J connectivity index is 2.64. The third-order valence-corrected chi connectivity index (χ3v) is 3.36. The SMILES string of the molecule is CCC(C)Sc1ccc([C@@H](C)O)cn1. The highest BCUT2D eigenvalue weighted by molar-refractivity contribution is 7.99. The van der Waals surface area contributed by atoms with Crippen molar-refractivity contribution < 1.29 is 5.11 Å². The summed E-state index contributed by atoms with van der Waals surface area (Å²) < 4.78 is 0. The minimum absolute atomic E-state index is 0.426. The largest absolute Gasteiger partial charge is 0.389 e. The van der Waals surface area contributed by atoms with Crippen LogP contribution in [-0.4, -0.2) is 15.3 Å². The van der Waals surface area contributed by atoms with Crippen LogP contribution in [0, 0.1) is 0 Å². The number of nitrogens with zero attached hydrogens (tertiary/aromatic N) is 1. The number of aromatic nitrogens is 1. The molecule has 78 valence electrons. The summed E-state index contributed by atoms with van der Waals surface area (Å²) in [5, 5.41) is 10.9. The molecule has 0 bridgehead atoms. The minimum Gasteiger partial charge on any atom is -0.389 e. The van der Waals surface area contributed by atoms with Crippen molar-refractivity contribution in [3.8, 4) is 0 Å². The van der Waals surface area contributed by atoms with Gasteiger partial charge < -0.3 is 5.11 Å². The lowest BCUT2D eigenvalue weighted by Gasteiger charge is -2.08. The number of rotatable bonds is 4. The lowest BCUT2D eigenvalue weighted by atomic mass is 10.2. The highest BCUT2D eigenvalue weighted by Gasteiger charge is 2.04. The van der Waals surface area contributed by atoms with Gasteiger partial charge in [0.2, 0.25) is 0 Å². The van der Waals surface area contributed by atoms with Gasteiger partial charge in [-0.3, -0.25) is 0 Å². The summed E-state index contributed by atoms with van der Waals surface area (Å²) in [6.45, 7) is 6.11. The second-order valence-corrected chi connectivity index (χ2v) is 4.90. The third-order valence-electron chi connectivity index (χ3n) is 2.14. The van der Waals surface area contributed by atoms with Gasteiger partial charge in [0.25, 0.3) is 0 Å². The fourth-order valence-corrected chi connectivity index (χ4v) is 1.84. The number of thioether (sulfide) groups is 1. The van der Waals surface area contributed by atoms with E-state index in [2.05, 4.69) is 18.8 Å². The maximum absolute atomic E-state index is 9.30. The summed E-state index contributed by atoms with van der Waals surface area (Å²) in [5.74, 6) is 0. The quantitative estimate of drug-likeness (QED) is 0.777. The zero-order valence-corrected chi connectivity index (χ0v) is 9.71. The van der Waals surface area contributed by atoms with Crippen LogP contribution in [0.4, 0.5) is 0 Å². The molecule has 0 amide bonds. The Morgan fingerprint density at radius 1 is 1.43 bits per heavy atom. The van der Waals surface area contributed by atoms with Crippen LogP contribution in [0.3, 0.4) is 0 Å². The average Bonchev–Trinajstić information content (AvgIpc) is 2.18. The molecule has 3 heteroatoms. The molecule has 1 unspecified atom stereocenters. The molecular weight excluding hydrogens is 194 g/mol. The summed E-state index contributed by atoms with van der Waals surface area (Å²) in [6, 6.07) is 3.90. The molecule has 1 rings (SSSR count). The number of hydrogen-bond acceptors (Lipinski definition) is 3. The van der Waals surface area contributed by atoms with Crippen molar-refractivity contribution in [3.63, 3.8) is 0 Å². The molecule has 2 nitrogen and oxygen atoms in total. The molecule has 0 aliphatic carbocycles. The van der Waals surface area contributed by atoms with E-state index in [1.54, 1.807) is 24.9 Å². The predicted octanol–water partition coefficient (Wildman–Crippen LogP) is 3.03. The first-order valence-corrected chi connectivity index (χ1v) is 5.82. The van der Waals surface area contributed by atoms with Gasteiger partial charge >= 0.3 is 0 Å². The molecule has 1 aromatic heterocycles. The predicted molar refractivity (Wildman–Crippen MR) is 60.5 cm³/mol. The topological polar surface area (TPSA) is 33.1 Å². The summed E-state index contributed by atoms with van der Waals surface area (Å²) >= 11 is 1.77. The van der Waals surface area contributed by atoms with E-state index in [4.69, 9.17) is 0 Å². The van der Waals surface area contributed by atoms with E-state index in [1.807, 2.05) is 12.1 Å². The summed E-state index contributed by atoms with van der Waals surface area (Å²) in [4.78, 5) is 4.29. The molecule has 0 radical (unpaired) electrons. The van der Waals surface area contributed by atoms with Crippen molar-refractivity contribution >= 4 is 11.8 Å². The second kappa shape index (κ2) is 5.37. The van der Waals surface area contributed by atoms with Crippen LogP contribution in [-0.2, 0) is 0 Å². The highest BCUT2D eigenvalue weighted by atomic mass is 32.2. The Kier molecular flexibility index (Phi) is 4.42. The molecule has 2 atom stereocenters. The first-order chi connectivity index (χ1) is 6.63. The Morgan fingerprint density at radius 3 is 2.57 bits per heavy atom. The Labute approximate surface area is 89.8 Å². The molecule has 0 saturated heterocycles. The van der Waals surface area contributed by atoms with E-state index >= 15 is 0 Å². The fraction of sp³-hybridized carbons (Fsp3) is 0.545. The van der Waals surface area contributed by atoms with Gasteiger partial charge in [-0.25, -0.2) is 4.98 Å². The van der Waals surface area contributed by atoms with Crippen molar-refractivity contribution in [2.24, 2.45) is 0 Å². The van der Waals surface area contributed by atoms with Gasteiger partial charge in [-0.05, 0) is 25.0 Å². The Morgan fingerprint density at radius 2 is 2.14 bits per heavy atom. The van der Waals surface area contributed by atoms with Gasteiger partial charge in [-0.2, -0.15) is 0 Å². The maximum atomic E-state index is 9.30. The van der Waals surface area contributed by atoms with Crippen molar-refractivity contribution in [2.75, 3.05) is 0 Å². The summed E-state index contributed by atoms with van der Waals surface area (Å²) in [7, 11) is 0. The first kappa shape index (κ1) is 11.5. The van der Waals surface area contributed by atoms with Crippen molar-refractivity contribution in [1.82, 2.24) is 4.98 Å². The molecule has 0 aromatic carbocycles. The Hall–Kier alpha value is -0.540. The molecule has 1 N–H and O–H groups in total. The zero-order valence-electron chi connectivity index (χ0n) is 8.90. The molecule has 0 spiro atoms. The first-order valence-electron chi connectivity index (χ1n) is 4.94. The van der Waals surface area contributed by atoms with E-state index in [0.717, 1.165) is 17.0 Å². The monoisotopic (exact) mass is 211 g/mol. The van der Waals surface area contributed by atoms with Crippen molar-refractivity contribution in [2.45, 2.75) is 43.6 Å². The Bertz CT molecular complexity index is 271. The van der Waals surface area contributed by atoms with Gasteiger partial charge in [0.05, 0.1) is 11.1 Å². The van der Waals surface area contributed by atoms with Gasteiger partial charge in [0, 0.05) is 11.4 Å². The third kappa shape index (κ3) is 3.31. The molecule has 0 fully saturated rings. The fourth-order valence-electron chi connectivity index (χ4n) is 0.998. The molecule has 0 saturated carbocycles. The van der Waals surface area contributed by atoms with E-state index in [0.29, 0.717) is 5.25 Å². The van der Waals surface area contributed by atoms with Gasteiger partial charge in [-0.1, -0.05) is 19.9 Å². The maximum Gasteiger partial charge on any atom is 0.0962 e. The van der Waals surface area contributed by atoms with Crippen LogP contribution < -0.4 is 0 Å². The van der Waals surface area contributed by atoms with Crippen molar-refractivity contribution in [1.29, 1.82) is 0 Å². The van der Waals surface area contributed by atoms with Crippen LogP contribution in [0.2, 0.25) is 0 Å². The van der Waals surface area contributed by atoms with E-state index in [1.165, 1.54) is 0 Å². The summed E-state index contributed by atoms with van der Waals surface area (Å²) in [6.07, 6.45) is 2.46. The van der Waals surface area contributed by atoms with E-state index in [9.17, 15) is 5.11 Å². The second-order valence-electron chi connectivity index (χ2n) is 3.44. The van der Waals surface area contributed by atoms with Crippen LogP contribution in [0.15, 0.2) is 23.4 Å². The van der Waals surface area contributed by atoms with Gasteiger partial charge in [0.1, 0.15) is 0 Å². The number of aliphatic hydroxyl groups excluding tert-OH is 1. The van der Waals surface area contributed by atoms with E-state index in [-0.39, 0.29) is 0 Å². The lowest BCUT2D eigenvalue weighted by molar-refractivity contribution is 0.198. The van der Waals surface area contributed by atoms with Gasteiger partial charge in [-0.15, -0.1) is 11.8 Å². The molecule has 1 heterocycles. The average molecular weight is 211 g/mol. The number of hydrogen-bond donors (Lipinski definition) is 1. The molecule has 0 aliphatic rings. The van der Waals surface area contributed by atoms with Crippen LogP contribution in [0.1, 0.15) is 38.9 Å². The van der Waals surface area contributed by atoms with Crippen LogP contribution >= 0.6 is 11.8 Å². The summed E-state index contributed by atoms with van der Waals surface area (Å²) in [5.41, 5.74) is 0.874. The molecule has 1 aromatic rings. The minimum atomic E-state index is -0.426. The number of aliphatic hydroxyl groups is 1. The van der Waals surface area contributed by atoms with Crippen LogP contribution in [0.25, 0.3) is 0 Å². The standard InChI is InChI=1S/C11H17NOS/c1-4-8(2)14-11-6-5-10(7-12-11)9(3)13/h5-9,13H,4H2,1-3H3/t8?,9-/m1/s1. The van der Waals surface area contributed by atoms with Gasteiger partial charge in [0.15, 0.2) is 0 Å². The van der Waals surface area contributed by atoms with Crippen molar-refractivity contribution in [3.05, 3.63) is 23.9 Å². The zero-order chi connectivity index (χ0) is 10.6. The lowest BCUT2D eigenvalue weighted by Crippen LogP contribution is -1.95. The highest BCUT2D eigenvalue weighted by Crippen LogP contribution is 2.23.